The van der Waals surface area contributed by atoms with Crippen molar-refractivity contribution in [1.29, 1.82) is 0 Å². The van der Waals surface area contributed by atoms with Crippen LogP contribution in [0.1, 0.15) is 29.9 Å². The predicted octanol–water partition coefficient (Wildman–Crippen LogP) is 3.11. The SMILES string of the molecule is CS(=O)(=O)c1c(C(F)(F)F)ccc(-c2ccc(C3CN(C4CCNCC4)C3)cc2)c1-c1nnn[nH]1. The lowest BCUT2D eigenvalue weighted by atomic mass is 9.87. The van der Waals surface area contributed by atoms with E-state index in [4.69, 9.17) is 0 Å². The second kappa shape index (κ2) is 8.99. The maximum Gasteiger partial charge on any atom is 0.417 e. The number of alkyl halides is 3. The van der Waals surface area contributed by atoms with Crippen molar-refractivity contribution in [2.24, 2.45) is 0 Å². The number of rotatable bonds is 5. The van der Waals surface area contributed by atoms with Gasteiger partial charge in [0.05, 0.1) is 10.5 Å². The van der Waals surface area contributed by atoms with Gasteiger partial charge in [-0.3, -0.25) is 4.90 Å². The summed E-state index contributed by atoms with van der Waals surface area (Å²) >= 11 is 0. The highest BCUT2D eigenvalue weighted by Gasteiger charge is 2.39. The minimum absolute atomic E-state index is 0.146. The number of benzene rings is 2. The van der Waals surface area contributed by atoms with Crippen LogP contribution in [0.5, 0.6) is 0 Å². The number of halogens is 3. The van der Waals surface area contributed by atoms with Crippen molar-refractivity contribution in [3.05, 3.63) is 47.5 Å². The Morgan fingerprint density at radius 1 is 1.03 bits per heavy atom. The van der Waals surface area contributed by atoms with Gasteiger partial charge in [0.1, 0.15) is 0 Å². The fourth-order valence-corrected chi connectivity index (χ4v) is 6.22. The summed E-state index contributed by atoms with van der Waals surface area (Å²) in [5.41, 5.74) is 0.582. The minimum atomic E-state index is -4.87. The Kier molecular flexibility index (Phi) is 6.14. The third-order valence-corrected chi connectivity index (χ3v) is 8.01. The fraction of sp³-hybridized carbons (Fsp3) is 0.435. The monoisotopic (exact) mass is 506 g/mol. The Bertz CT molecular complexity index is 1300. The van der Waals surface area contributed by atoms with Crippen LogP contribution in [-0.2, 0) is 16.0 Å². The number of hydrogen-bond acceptors (Lipinski definition) is 7. The Morgan fingerprint density at radius 2 is 1.71 bits per heavy atom. The number of aromatic nitrogens is 4. The molecule has 0 spiro atoms. The van der Waals surface area contributed by atoms with E-state index >= 15 is 0 Å². The van der Waals surface area contributed by atoms with Crippen molar-refractivity contribution in [2.45, 2.75) is 35.9 Å². The number of nitrogens with one attached hydrogen (secondary N) is 2. The first-order chi connectivity index (χ1) is 16.6. The van der Waals surface area contributed by atoms with Crippen LogP contribution in [0.2, 0.25) is 0 Å². The molecule has 35 heavy (non-hydrogen) atoms. The molecule has 5 rings (SSSR count). The van der Waals surface area contributed by atoms with Gasteiger partial charge in [0.25, 0.3) is 0 Å². The molecule has 2 saturated heterocycles. The third-order valence-electron chi connectivity index (χ3n) is 6.84. The molecule has 1 aromatic heterocycles. The summed E-state index contributed by atoms with van der Waals surface area (Å²) in [7, 11) is -4.28. The number of tetrazole rings is 1. The van der Waals surface area contributed by atoms with Gasteiger partial charge < -0.3 is 5.32 Å². The molecular formula is C23H25F3N6O2S. The van der Waals surface area contributed by atoms with Gasteiger partial charge >= 0.3 is 6.18 Å². The van der Waals surface area contributed by atoms with Gasteiger partial charge in [-0.2, -0.15) is 13.2 Å². The number of aromatic amines is 1. The van der Waals surface area contributed by atoms with Crippen LogP contribution in [0.15, 0.2) is 41.3 Å². The topological polar surface area (TPSA) is 104 Å². The second-order valence-electron chi connectivity index (χ2n) is 9.14. The van der Waals surface area contributed by atoms with Crippen LogP contribution >= 0.6 is 0 Å². The molecule has 3 heterocycles. The summed E-state index contributed by atoms with van der Waals surface area (Å²) in [5.74, 6) is 0.253. The van der Waals surface area contributed by atoms with Crippen LogP contribution in [-0.4, -0.2) is 72.4 Å². The van der Waals surface area contributed by atoms with Crippen LogP contribution in [0.25, 0.3) is 22.5 Å². The van der Waals surface area contributed by atoms with Crippen molar-refractivity contribution < 1.29 is 21.6 Å². The predicted molar refractivity (Wildman–Crippen MR) is 123 cm³/mol. The van der Waals surface area contributed by atoms with E-state index in [1.807, 2.05) is 24.3 Å². The van der Waals surface area contributed by atoms with Gasteiger partial charge in [-0.05, 0) is 59.1 Å². The molecule has 0 unspecified atom stereocenters. The van der Waals surface area contributed by atoms with E-state index in [0.717, 1.165) is 56.9 Å². The van der Waals surface area contributed by atoms with Crippen LogP contribution in [0.4, 0.5) is 13.2 Å². The molecule has 2 aliphatic heterocycles. The molecule has 8 nitrogen and oxygen atoms in total. The lowest BCUT2D eigenvalue weighted by Gasteiger charge is -2.46. The molecule has 2 N–H and O–H groups in total. The maximum absolute atomic E-state index is 13.8. The Hall–Kier alpha value is -2.83. The largest absolute Gasteiger partial charge is 0.417 e. The number of hydrogen-bond donors (Lipinski definition) is 2. The number of H-pyrrole nitrogens is 1. The van der Waals surface area contributed by atoms with E-state index in [2.05, 4.69) is 30.8 Å². The van der Waals surface area contributed by atoms with Gasteiger partial charge in [-0.1, -0.05) is 30.3 Å². The van der Waals surface area contributed by atoms with Crippen molar-refractivity contribution in [3.8, 4) is 22.5 Å². The van der Waals surface area contributed by atoms with Crippen LogP contribution in [0.3, 0.4) is 0 Å². The average Bonchev–Trinajstić information content (AvgIpc) is 3.32. The molecule has 0 bridgehead atoms. The van der Waals surface area contributed by atoms with Crippen LogP contribution < -0.4 is 5.32 Å². The van der Waals surface area contributed by atoms with Crippen molar-refractivity contribution in [3.63, 3.8) is 0 Å². The molecule has 0 saturated carbocycles. The first kappa shape index (κ1) is 23.9. The summed E-state index contributed by atoms with van der Waals surface area (Å²) in [4.78, 5) is 1.66. The zero-order valence-corrected chi connectivity index (χ0v) is 19.8. The highest BCUT2D eigenvalue weighted by atomic mass is 32.2. The fourth-order valence-electron chi connectivity index (χ4n) is 5.06. The van der Waals surface area contributed by atoms with Gasteiger partial charge in [0.2, 0.25) is 0 Å². The zero-order chi connectivity index (χ0) is 24.8. The first-order valence-electron chi connectivity index (χ1n) is 11.4. The van der Waals surface area contributed by atoms with E-state index in [0.29, 0.717) is 23.1 Å². The van der Waals surface area contributed by atoms with Gasteiger partial charge in [-0.25, -0.2) is 13.5 Å². The molecule has 2 aliphatic rings. The van der Waals surface area contributed by atoms with Gasteiger partial charge in [-0.15, -0.1) is 5.10 Å². The maximum atomic E-state index is 13.8. The molecule has 3 aromatic rings. The smallest absolute Gasteiger partial charge is 0.317 e. The Balaban J connectivity index is 1.49. The van der Waals surface area contributed by atoms with E-state index in [-0.39, 0.29) is 11.4 Å². The van der Waals surface area contributed by atoms with Crippen LogP contribution in [0, 0.1) is 0 Å². The number of likely N-dealkylation sites (tertiary alicyclic amines) is 1. The Labute approximate surface area is 200 Å². The molecule has 186 valence electrons. The molecule has 2 fully saturated rings. The lowest BCUT2D eigenvalue weighted by molar-refractivity contribution is -0.139. The zero-order valence-electron chi connectivity index (χ0n) is 19.0. The van der Waals surface area contributed by atoms with Crippen molar-refractivity contribution in [2.75, 3.05) is 32.4 Å². The summed E-state index contributed by atoms with van der Waals surface area (Å²) in [6.07, 6.45) is -1.81. The van der Waals surface area contributed by atoms with E-state index < -0.39 is 26.5 Å². The van der Waals surface area contributed by atoms with Crippen molar-refractivity contribution >= 4 is 9.84 Å². The molecule has 0 aliphatic carbocycles. The first-order valence-corrected chi connectivity index (χ1v) is 13.3. The molecule has 12 heteroatoms. The van der Waals surface area contributed by atoms with Gasteiger partial charge in [0.15, 0.2) is 15.7 Å². The summed E-state index contributed by atoms with van der Waals surface area (Å²) < 4.78 is 66.4. The van der Waals surface area contributed by atoms with Crippen molar-refractivity contribution in [1.82, 2.24) is 30.8 Å². The third kappa shape index (κ3) is 4.69. The highest BCUT2D eigenvalue weighted by molar-refractivity contribution is 7.91. The quantitative estimate of drug-likeness (QED) is 0.548. The number of piperidine rings is 1. The Morgan fingerprint density at radius 3 is 2.29 bits per heavy atom. The lowest BCUT2D eigenvalue weighted by Crippen LogP contribution is -2.53. The van der Waals surface area contributed by atoms with Gasteiger partial charge in [0, 0.05) is 36.9 Å². The summed E-state index contributed by atoms with van der Waals surface area (Å²) in [6.45, 7) is 4.06. The number of nitrogens with zero attached hydrogens (tertiary/aromatic N) is 4. The molecule has 2 aromatic carbocycles. The summed E-state index contributed by atoms with van der Waals surface area (Å²) in [6, 6.07) is 10.2. The normalized spacial score (nSPS) is 18.5. The standard InChI is InChI=1S/C23H25F3N6O2S/c1-35(33,34)21-19(23(24,25)26)7-6-18(20(21)22-28-30-31-29-22)15-4-2-14(3-5-15)16-12-32(13-16)17-8-10-27-11-9-17/h2-7,16-17,27H,8-13H2,1H3,(H,28,29,30,31). The van der Waals surface area contributed by atoms with E-state index in [1.54, 1.807) is 0 Å². The van der Waals surface area contributed by atoms with E-state index in [9.17, 15) is 21.6 Å². The average molecular weight is 507 g/mol. The molecule has 0 radical (unpaired) electrons. The van der Waals surface area contributed by atoms with E-state index in [1.165, 1.54) is 6.07 Å². The molecule has 0 amide bonds. The second-order valence-corrected chi connectivity index (χ2v) is 11.1. The molecule has 0 atom stereocenters. The molecular weight excluding hydrogens is 481 g/mol. The minimum Gasteiger partial charge on any atom is -0.317 e. The number of sulfone groups is 1. The highest BCUT2D eigenvalue weighted by Crippen LogP contribution is 2.43. The summed E-state index contributed by atoms with van der Waals surface area (Å²) in [5, 5.41) is 16.4.